The number of aryl methyl sites for hydroxylation is 2. The van der Waals surface area contributed by atoms with Crippen molar-refractivity contribution >= 4 is 5.91 Å². The van der Waals surface area contributed by atoms with E-state index in [-0.39, 0.29) is 12.5 Å². The number of aromatic nitrogens is 2. The molecule has 17 heavy (non-hydrogen) atoms. The minimum absolute atomic E-state index is 0.188. The number of amides is 1. The van der Waals surface area contributed by atoms with Gasteiger partial charge in [0.1, 0.15) is 0 Å². The zero-order valence-corrected chi connectivity index (χ0v) is 10.9. The molecule has 0 bridgehead atoms. The van der Waals surface area contributed by atoms with E-state index in [2.05, 4.69) is 10.4 Å². The van der Waals surface area contributed by atoms with E-state index < -0.39 is 5.60 Å². The van der Waals surface area contributed by atoms with Gasteiger partial charge < -0.3 is 10.4 Å². The number of carbonyl (C=O) groups excluding carboxylic acids is 1. The van der Waals surface area contributed by atoms with Gasteiger partial charge in [-0.3, -0.25) is 9.48 Å². The maximum Gasteiger partial charge on any atom is 0.254 e. The first-order chi connectivity index (χ1) is 7.85. The van der Waals surface area contributed by atoms with Crippen molar-refractivity contribution < 1.29 is 9.90 Å². The van der Waals surface area contributed by atoms with Crippen LogP contribution in [0.4, 0.5) is 0 Å². The largest absolute Gasteiger partial charge is 0.388 e. The second kappa shape index (κ2) is 5.31. The summed E-state index contributed by atoms with van der Waals surface area (Å²) in [7, 11) is 1.77. The Labute approximate surface area is 102 Å². The molecule has 1 aromatic rings. The van der Waals surface area contributed by atoms with Crippen LogP contribution < -0.4 is 5.32 Å². The number of rotatable bonds is 5. The highest BCUT2D eigenvalue weighted by molar-refractivity contribution is 5.95. The Morgan fingerprint density at radius 2 is 2.29 bits per heavy atom. The number of hydrogen-bond acceptors (Lipinski definition) is 3. The van der Waals surface area contributed by atoms with Gasteiger partial charge in [-0.25, -0.2) is 0 Å². The van der Waals surface area contributed by atoms with E-state index in [0.29, 0.717) is 17.7 Å². The van der Waals surface area contributed by atoms with Crippen LogP contribution in [0.1, 0.15) is 42.7 Å². The lowest BCUT2D eigenvalue weighted by atomic mass is 10.0. The lowest BCUT2D eigenvalue weighted by Gasteiger charge is -2.22. The first kappa shape index (κ1) is 13.7. The molecule has 96 valence electrons. The molecule has 0 fully saturated rings. The molecule has 1 atom stereocenters. The molecule has 1 heterocycles. The van der Waals surface area contributed by atoms with Gasteiger partial charge in [0.2, 0.25) is 0 Å². The second-order valence-corrected chi connectivity index (χ2v) is 4.73. The van der Waals surface area contributed by atoms with Gasteiger partial charge in [0.15, 0.2) is 0 Å². The van der Waals surface area contributed by atoms with Gasteiger partial charge in [-0.05, 0) is 20.3 Å². The van der Waals surface area contributed by atoms with E-state index in [0.717, 1.165) is 6.42 Å². The van der Waals surface area contributed by atoms with Crippen LogP contribution in [-0.4, -0.2) is 32.9 Å². The number of nitrogens with one attached hydrogen (secondary N) is 1. The number of hydrogen-bond donors (Lipinski definition) is 2. The third-order valence-electron chi connectivity index (χ3n) is 2.68. The molecule has 0 saturated carbocycles. The van der Waals surface area contributed by atoms with Gasteiger partial charge in [-0.2, -0.15) is 5.10 Å². The third kappa shape index (κ3) is 3.85. The molecular weight excluding hydrogens is 218 g/mol. The molecule has 0 aliphatic rings. The van der Waals surface area contributed by atoms with Gasteiger partial charge in [-0.15, -0.1) is 0 Å². The van der Waals surface area contributed by atoms with Crippen LogP contribution >= 0.6 is 0 Å². The van der Waals surface area contributed by atoms with Gasteiger partial charge in [0.25, 0.3) is 5.91 Å². The third-order valence-corrected chi connectivity index (χ3v) is 2.68. The van der Waals surface area contributed by atoms with Gasteiger partial charge >= 0.3 is 0 Å². The van der Waals surface area contributed by atoms with Gasteiger partial charge in [-0.1, -0.05) is 13.3 Å². The quantitative estimate of drug-likeness (QED) is 0.806. The smallest absolute Gasteiger partial charge is 0.254 e. The normalized spacial score (nSPS) is 14.4. The highest BCUT2D eigenvalue weighted by Gasteiger charge is 2.21. The van der Waals surface area contributed by atoms with Crippen LogP contribution in [0.25, 0.3) is 0 Å². The summed E-state index contributed by atoms with van der Waals surface area (Å²) in [5.74, 6) is -0.188. The molecule has 1 amide bonds. The highest BCUT2D eigenvalue weighted by atomic mass is 16.3. The molecular formula is C12H21N3O2. The molecule has 0 radical (unpaired) electrons. The summed E-state index contributed by atoms with van der Waals surface area (Å²) in [6.45, 7) is 5.78. The maximum absolute atomic E-state index is 11.9. The lowest BCUT2D eigenvalue weighted by Crippen LogP contribution is -2.40. The van der Waals surface area contributed by atoms with Crippen LogP contribution in [-0.2, 0) is 7.05 Å². The minimum atomic E-state index is -0.847. The highest BCUT2D eigenvalue weighted by Crippen LogP contribution is 2.11. The molecule has 5 heteroatoms. The van der Waals surface area contributed by atoms with E-state index >= 15 is 0 Å². The first-order valence-corrected chi connectivity index (χ1v) is 5.86. The second-order valence-electron chi connectivity index (χ2n) is 4.73. The summed E-state index contributed by atoms with van der Waals surface area (Å²) >= 11 is 0. The fraction of sp³-hybridized carbons (Fsp3) is 0.667. The Hall–Kier alpha value is -1.36. The fourth-order valence-corrected chi connectivity index (χ4v) is 1.82. The Morgan fingerprint density at radius 3 is 2.76 bits per heavy atom. The topological polar surface area (TPSA) is 67.2 Å². The minimum Gasteiger partial charge on any atom is -0.388 e. The Kier molecular flexibility index (Phi) is 4.28. The number of carbonyl (C=O) groups is 1. The standard InChI is InChI=1S/C12H21N3O2/c1-5-6-12(3,17)8-13-11(16)10-7-15(4)14-9(10)2/h7,17H,5-6,8H2,1-4H3,(H,13,16). The molecule has 0 aliphatic carbocycles. The summed E-state index contributed by atoms with van der Waals surface area (Å²) in [5.41, 5.74) is 0.403. The van der Waals surface area contributed by atoms with Crippen LogP contribution in [0.3, 0.4) is 0 Å². The monoisotopic (exact) mass is 239 g/mol. The van der Waals surface area contributed by atoms with Crippen molar-refractivity contribution in [3.63, 3.8) is 0 Å². The van der Waals surface area contributed by atoms with Crippen LogP contribution in [0, 0.1) is 6.92 Å². The van der Waals surface area contributed by atoms with Crippen molar-refractivity contribution in [3.8, 4) is 0 Å². The van der Waals surface area contributed by atoms with E-state index in [4.69, 9.17) is 0 Å². The molecule has 1 unspecified atom stereocenters. The lowest BCUT2D eigenvalue weighted by molar-refractivity contribution is 0.0469. The van der Waals surface area contributed by atoms with Gasteiger partial charge in [0.05, 0.1) is 16.9 Å². The average Bonchev–Trinajstić information content (AvgIpc) is 2.54. The fourth-order valence-electron chi connectivity index (χ4n) is 1.82. The van der Waals surface area contributed by atoms with Crippen molar-refractivity contribution in [3.05, 3.63) is 17.5 Å². The molecule has 1 rings (SSSR count). The summed E-state index contributed by atoms with van der Waals surface area (Å²) in [6.07, 6.45) is 3.23. The van der Waals surface area contributed by atoms with Gasteiger partial charge in [0, 0.05) is 19.8 Å². The SMILES string of the molecule is CCCC(C)(O)CNC(=O)c1cn(C)nc1C. The molecule has 2 N–H and O–H groups in total. The van der Waals surface area contributed by atoms with Crippen molar-refractivity contribution in [1.29, 1.82) is 0 Å². The number of aliphatic hydroxyl groups is 1. The first-order valence-electron chi connectivity index (χ1n) is 5.86. The Bertz CT molecular complexity index is 396. The van der Waals surface area contributed by atoms with Crippen LogP contribution in [0.2, 0.25) is 0 Å². The summed E-state index contributed by atoms with van der Waals surface area (Å²) < 4.78 is 1.61. The van der Waals surface area contributed by atoms with Crippen molar-refractivity contribution in [2.45, 2.75) is 39.2 Å². The predicted octanol–water partition coefficient (Wildman–Crippen LogP) is 1.01. The van der Waals surface area contributed by atoms with E-state index in [1.807, 2.05) is 6.92 Å². The van der Waals surface area contributed by atoms with Crippen LogP contribution in [0.5, 0.6) is 0 Å². The molecule has 0 aromatic carbocycles. The number of nitrogens with zero attached hydrogens (tertiary/aromatic N) is 2. The Balaban J connectivity index is 2.59. The predicted molar refractivity (Wildman–Crippen MR) is 65.8 cm³/mol. The van der Waals surface area contributed by atoms with Crippen LogP contribution in [0.15, 0.2) is 6.20 Å². The van der Waals surface area contributed by atoms with Crippen molar-refractivity contribution in [2.75, 3.05) is 6.54 Å². The van der Waals surface area contributed by atoms with Crippen molar-refractivity contribution in [1.82, 2.24) is 15.1 Å². The molecule has 1 aromatic heterocycles. The van der Waals surface area contributed by atoms with E-state index in [1.54, 1.807) is 31.8 Å². The van der Waals surface area contributed by atoms with E-state index in [9.17, 15) is 9.90 Å². The molecule has 0 saturated heterocycles. The summed E-state index contributed by atoms with van der Waals surface area (Å²) in [6, 6.07) is 0. The maximum atomic E-state index is 11.9. The molecule has 0 aliphatic heterocycles. The molecule has 5 nitrogen and oxygen atoms in total. The Morgan fingerprint density at radius 1 is 1.65 bits per heavy atom. The zero-order valence-electron chi connectivity index (χ0n) is 10.9. The summed E-state index contributed by atoms with van der Waals surface area (Å²) in [5, 5.41) is 16.8. The summed E-state index contributed by atoms with van der Waals surface area (Å²) in [4.78, 5) is 11.9. The average molecular weight is 239 g/mol. The zero-order chi connectivity index (χ0) is 13.1. The van der Waals surface area contributed by atoms with E-state index in [1.165, 1.54) is 0 Å². The van der Waals surface area contributed by atoms with Crippen molar-refractivity contribution in [2.24, 2.45) is 7.05 Å². The molecule has 0 spiro atoms.